The molecule has 0 radical (unpaired) electrons. The Bertz CT molecular complexity index is 403. The van der Waals surface area contributed by atoms with E-state index in [1.54, 1.807) is 11.8 Å². The highest BCUT2D eigenvalue weighted by Crippen LogP contribution is 2.41. The third kappa shape index (κ3) is 3.35. The summed E-state index contributed by atoms with van der Waals surface area (Å²) < 4.78 is 17.2. The first-order chi connectivity index (χ1) is 9.89. The van der Waals surface area contributed by atoms with Crippen molar-refractivity contribution in [3.8, 4) is 0 Å². The molecule has 0 bridgehead atoms. The minimum absolute atomic E-state index is 0.604. The van der Waals surface area contributed by atoms with Crippen LogP contribution in [-0.2, 0) is 19.3 Å². The fourth-order valence-corrected chi connectivity index (χ4v) is 3.76. The van der Waals surface area contributed by atoms with Crippen LogP contribution in [0.5, 0.6) is 0 Å². The molecule has 1 aromatic rings. The molecule has 2 aliphatic heterocycles. The molecule has 2 heterocycles. The topological polar surface area (TPSA) is 30.9 Å². The number of thioether (sulfide) groups is 1. The smallest absolute Gasteiger partial charge is 0.246 e. The Morgan fingerprint density at radius 1 is 1.00 bits per heavy atom. The summed E-state index contributed by atoms with van der Waals surface area (Å²) in [6.07, 6.45) is 0. The zero-order chi connectivity index (χ0) is 13.7. The van der Waals surface area contributed by atoms with Crippen LogP contribution in [0.25, 0.3) is 0 Å². The number of hydrogen-bond donors (Lipinski definition) is 0. The van der Waals surface area contributed by atoms with Crippen LogP contribution < -0.4 is 0 Å². The number of rotatable bonds is 5. The van der Waals surface area contributed by atoms with Crippen molar-refractivity contribution in [2.45, 2.75) is 5.12 Å². The lowest BCUT2D eigenvalue weighted by Crippen LogP contribution is -2.38. The summed E-state index contributed by atoms with van der Waals surface area (Å²) in [6, 6.07) is 10.2. The molecule has 0 atom stereocenters. The summed E-state index contributed by atoms with van der Waals surface area (Å²) in [5.74, 6) is 0.995. The van der Waals surface area contributed by atoms with Crippen molar-refractivity contribution in [3.05, 3.63) is 35.9 Å². The number of benzene rings is 1. The first-order valence-corrected chi connectivity index (χ1v) is 8.15. The zero-order valence-corrected chi connectivity index (χ0v) is 12.4. The number of morpholine rings is 1. The van der Waals surface area contributed by atoms with E-state index in [-0.39, 0.29) is 0 Å². The molecule has 20 heavy (non-hydrogen) atoms. The third-order valence-corrected chi connectivity index (χ3v) is 4.84. The van der Waals surface area contributed by atoms with Crippen molar-refractivity contribution in [2.75, 3.05) is 51.8 Å². The molecule has 2 fully saturated rings. The number of hydrogen-bond acceptors (Lipinski definition) is 5. The van der Waals surface area contributed by atoms with E-state index < -0.39 is 5.12 Å². The van der Waals surface area contributed by atoms with Crippen molar-refractivity contribution < 1.29 is 14.2 Å². The second kappa shape index (κ2) is 6.91. The Hall–Kier alpha value is -0.590. The van der Waals surface area contributed by atoms with Crippen LogP contribution in [0.2, 0.25) is 0 Å². The Kier molecular flexibility index (Phi) is 4.96. The van der Waals surface area contributed by atoms with Crippen LogP contribution >= 0.6 is 11.8 Å². The molecule has 5 heteroatoms. The van der Waals surface area contributed by atoms with Crippen LogP contribution in [0.4, 0.5) is 0 Å². The van der Waals surface area contributed by atoms with Gasteiger partial charge in [-0.25, -0.2) is 0 Å². The summed E-state index contributed by atoms with van der Waals surface area (Å²) in [5, 5.41) is -0.604. The number of nitrogens with zero attached hydrogens (tertiary/aromatic N) is 1. The minimum atomic E-state index is -0.604. The molecule has 0 aromatic heterocycles. The summed E-state index contributed by atoms with van der Waals surface area (Å²) in [6.45, 7) is 6.14. The van der Waals surface area contributed by atoms with E-state index in [1.165, 1.54) is 0 Å². The molecule has 0 amide bonds. The maximum atomic E-state index is 5.91. The van der Waals surface area contributed by atoms with Gasteiger partial charge in [0.25, 0.3) is 0 Å². The fraction of sp³-hybridized carbons (Fsp3) is 0.600. The molecular formula is C15H21NO3S. The van der Waals surface area contributed by atoms with Gasteiger partial charge in [-0.1, -0.05) is 42.1 Å². The average molecular weight is 295 g/mol. The summed E-state index contributed by atoms with van der Waals surface area (Å²) in [4.78, 5) is 2.43. The average Bonchev–Trinajstić information content (AvgIpc) is 2.99. The lowest BCUT2D eigenvalue weighted by molar-refractivity contribution is -0.0816. The molecule has 0 unspecified atom stereocenters. The van der Waals surface area contributed by atoms with Crippen molar-refractivity contribution in [1.29, 1.82) is 0 Å². The van der Waals surface area contributed by atoms with E-state index in [9.17, 15) is 0 Å². The highest BCUT2D eigenvalue weighted by atomic mass is 32.2. The van der Waals surface area contributed by atoms with Crippen molar-refractivity contribution in [3.63, 3.8) is 0 Å². The molecule has 1 aromatic carbocycles. The normalized spacial score (nSPS) is 23.0. The predicted octanol–water partition coefficient (Wildman–Crippen LogP) is 1.91. The zero-order valence-electron chi connectivity index (χ0n) is 11.6. The molecule has 110 valence electrons. The number of ether oxygens (including phenoxy) is 3. The third-order valence-electron chi connectivity index (χ3n) is 3.60. The van der Waals surface area contributed by atoms with Crippen molar-refractivity contribution in [1.82, 2.24) is 4.90 Å². The minimum Gasteiger partial charge on any atom is -0.379 e. The Balaban J connectivity index is 1.57. The second-order valence-electron chi connectivity index (χ2n) is 4.92. The van der Waals surface area contributed by atoms with E-state index in [1.807, 2.05) is 18.2 Å². The second-order valence-corrected chi connectivity index (χ2v) is 6.16. The molecular weight excluding hydrogens is 274 g/mol. The van der Waals surface area contributed by atoms with Gasteiger partial charge in [0.1, 0.15) is 0 Å². The van der Waals surface area contributed by atoms with E-state index in [0.717, 1.165) is 44.2 Å². The standard InChI is InChI=1S/C15H21NO3S/c1-2-4-14(5-3-1)15(18-11-12-19-15)20-13-8-16-6-9-17-10-7-16/h1-5H,6-13H2. The largest absolute Gasteiger partial charge is 0.379 e. The maximum absolute atomic E-state index is 5.91. The summed E-state index contributed by atoms with van der Waals surface area (Å²) in [5.41, 5.74) is 1.10. The molecule has 0 N–H and O–H groups in total. The van der Waals surface area contributed by atoms with E-state index in [2.05, 4.69) is 17.0 Å². The van der Waals surface area contributed by atoms with Gasteiger partial charge in [-0.05, 0) is 0 Å². The van der Waals surface area contributed by atoms with Crippen LogP contribution in [0.3, 0.4) is 0 Å². The monoisotopic (exact) mass is 295 g/mol. The van der Waals surface area contributed by atoms with Gasteiger partial charge in [-0.15, -0.1) is 0 Å². The van der Waals surface area contributed by atoms with Crippen LogP contribution in [-0.4, -0.2) is 56.7 Å². The van der Waals surface area contributed by atoms with Gasteiger partial charge < -0.3 is 14.2 Å². The van der Waals surface area contributed by atoms with Gasteiger partial charge in [0.15, 0.2) is 0 Å². The lowest BCUT2D eigenvalue weighted by atomic mass is 10.2. The van der Waals surface area contributed by atoms with E-state index in [4.69, 9.17) is 14.2 Å². The van der Waals surface area contributed by atoms with Gasteiger partial charge >= 0.3 is 0 Å². The molecule has 2 aliphatic rings. The molecule has 0 saturated carbocycles. The quantitative estimate of drug-likeness (QED) is 0.828. The van der Waals surface area contributed by atoms with Gasteiger partial charge in [0.2, 0.25) is 5.12 Å². The van der Waals surface area contributed by atoms with E-state index in [0.29, 0.717) is 13.2 Å². The summed E-state index contributed by atoms with van der Waals surface area (Å²) in [7, 11) is 0. The molecule has 2 saturated heterocycles. The van der Waals surface area contributed by atoms with Gasteiger partial charge in [0.05, 0.1) is 26.4 Å². The Morgan fingerprint density at radius 3 is 2.40 bits per heavy atom. The molecule has 3 rings (SSSR count). The highest BCUT2D eigenvalue weighted by Gasteiger charge is 2.39. The SMILES string of the molecule is c1ccc(C2(SCCN3CCOCC3)OCCO2)cc1. The van der Waals surface area contributed by atoms with Crippen molar-refractivity contribution in [2.24, 2.45) is 0 Å². The van der Waals surface area contributed by atoms with Crippen LogP contribution in [0.15, 0.2) is 30.3 Å². The molecule has 0 aliphatic carbocycles. The Labute approximate surface area is 124 Å². The predicted molar refractivity (Wildman–Crippen MR) is 79.7 cm³/mol. The lowest BCUT2D eigenvalue weighted by Gasteiger charge is -2.30. The first kappa shape index (κ1) is 14.4. The van der Waals surface area contributed by atoms with Gasteiger partial charge in [0, 0.05) is 31.0 Å². The van der Waals surface area contributed by atoms with Crippen LogP contribution in [0, 0.1) is 0 Å². The molecule has 4 nitrogen and oxygen atoms in total. The summed E-state index contributed by atoms with van der Waals surface area (Å²) >= 11 is 1.75. The maximum Gasteiger partial charge on any atom is 0.246 e. The first-order valence-electron chi connectivity index (χ1n) is 7.17. The van der Waals surface area contributed by atoms with Gasteiger partial charge in [-0.2, -0.15) is 0 Å². The van der Waals surface area contributed by atoms with Crippen LogP contribution in [0.1, 0.15) is 5.56 Å². The molecule has 0 spiro atoms. The van der Waals surface area contributed by atoms with Crippen molar-refractivity contribution >= 4 is 11.8 Å². The highest BCUT2D eigenvalue weighted by molar-refractivity contribution is 7.99. The van der Waals surface area contributed by atoms with E-state index >= 15 is 0 Å². The fourth-order valence-electron chi connectivity index (χ4n) is 2.50. The Morgan fingerprint density at radius 2 is 1.70 bits per heavy atom. The van der Waals surface area contributed by atoms with Gasteiger partial charge in [-0.3, -0.25) is 4.90 Å².